The summed E-state index contributed by atoms with van der Waals surface area (Å²) in [6, 6.07) is 10.2. The van der Waals surface area contributed by atoms with E-state index in [1.165, 1.54) is 5.56 Å². The summed E-state index contributed by atoms with van der Waals surface area (Å²) in [5, 5.41) is 8.57. The predicted molar refractivity (Wildman–Crippen MR) is 52.6 cm³/mol. The van der Waals surface area contributed by atoms with Gasteiger partial charge < -0.3 is 0 Å². The molecule has 0 aliphatic carbocycles. The molecule has 0 radical (unpaired) electrons. The summed E-state index contributed by atoms with van der Waals surface area (Å²) in [5.41, 5.74) is 0.822. The largest absolute Gasteiger partial charge is 0.251 e. The van der Waals surface area contributed by atoms with Crippen LogP contribution in [0.3, 0.4) is 0 Å². The zero-order valence-corrected chi connectivity index (χ0v) is 8.16. The number of rotatable bonds is 4. The van der Waals surface area contributed by atoms with Gasteiger partial charge in [0.25, 0.3) is 0 Å². The molecule has 0 saturated carbocycles. The highest BCUT2D eigenvalue weighted by Crippen LogP contribution is 2.16. The number of hydrogen-bond donors (Lipinski definition) is 1. The minimum atomic E-state index is -0.449. The molecule has 1 aromatic carbocycles. The number of benzene rings is 1. The summed E-state index contributed by atoms with van der Waals surface area (Å²) in [4.78, 5) is 4.36. The van der Waals surface area contributed by atoms with Gasteiger partial charge in [-0.15, -0.1) is 0 Å². The highest BCUT2D eigenvalue weighted by molar-refractivity contribution is 5.14. The Balaban J connectivity index is 2.44. The standard InChI is InChI=1S/C11H16O2/c1-11(2,13-12)9-8-10-6-4-3-5-7-10/h3-7,12H,8-9H2,1-2H3. The van der Waals surface area contributed by atoms with Crippen LogP contribution in [0, 0.1) is 0 Å². The van der Waals surface area contributed by atoms with Gasteiger partial charge in [0, 0.05) is 0 Å². The van der Waals surface area contributed by atoms with Gasteiger partial charge in [0.2, 0.25) is 0 Å². The Bertz CT molecular complexity index is 242. The van der Waals surface area contributed by atoms with E-state index in [1.807, 2.05) is 32.0 Å². The van der Waals surface area contributed by atoms with Gasteiger partial charge in [0.1, 0.15) is 0 Å². The summed E-state index contributed by atoms with van der Waals surface area (Å²) >= 11 is 0. The lowest BCUT2D eigenvalue weighted by molar-refractivity contribution is -0.314. The molecule has 0 spiro atoms. The van der Waals surface area contributed by atoms with E-state index in [1.54, 1.807) is 0 Å². The molecule has 2 nitrogen and oxygen atoms in total. The fraction of sp³-hybridized carbons (Fsp3) is 0.455. The van der Waals surface area contributed by atoms with E-state index in [-0.39, 0.29) is 0 Å². The van der Waals surface area contributed by atoms with Crippen molar-refractivity contribution in [2.75, 3.05) is 0 Å². The molecule has 72 valence electrons. The maximum absolute atomic E-state index is 8.57. The average Bonchev–Trinajstić information content (AvgIpc) is 2.17. The van der Waals surface area contributed by atoms with Crippen molar-refractivity contribution in [1.29, 1.82) is 0 Å². The van der Waals surface area contributed by atoms with Crippen molar-refractivity contribution < 1.29 is 10.1 Å². The SMILES string of the molecule is CC(C)(CCc1ccccc1)OO. The Labute approximate surface area is 79.1 Å². The van der Waals surface area contributed by atoms with Crippen molar-refractivity contribution >= 4 is 0 Å². The van der Waals surface area contributed by atoms with Crippen molar-refractivity contribution in [3.8, 4) is 0 Å². The van der Waals surface area contributed by atoms with Crippen LogP contribution < -0.4 is 0 Å². The summed E-state index contributed by atoms with van der Waals surface area (Å²) < 4.78 is 0. The molecule has 0 heterocycles. The molecule has 1 N–H and O–H groups in total. The molecular weight excluding hydrogens is 164 g/mol. The van der Waals surface area contributed by atoms with Crippen LogP contribution in [0.15, 0.2) is 30.3 Å². The molecule has 0 saturated heterocycles. The third kappa shape index (κ3) is 3.57. The van der Waals surface area contributed by atoms with Gasteiger partial charge in [-0.2, -0.15) is 0 Å². The molecule has 0 unspecified atom stereocenters. The molecule has 2 heteroatoms. The normalized spacial score (nSPS) is 11.6. The Kier molecular flexibility index (Phi) is 3.46. The van der Waals surface area contributed by atoms with E-state index in [9.17, 15) is 0 Å². The smallest absolute Gasteiger partial charge is 0.0980 e. The fourth-order valence-corrected chi connectivity index (χ4v) is 1.14. The van der Waals surface area contributed by atoms with Crippen molar-refractivity contribution in [3.63, 3.8) is 0 Å². The first-order valence-electron chi connectivity index (χ1n) is 4.50. The first-order chi connectivity index (χ1) is 6.14. The number of hydrogen-bond acceptors (Lipinski definition) is 2. The lowest BCUT2D eigenvalue weighted by Crippen LogP contribution is -2.23. The van der Waals surface area contributed by atoms with Crippen LogP contribution in [0.25, 0.3) is 0 Å². The first kappa shape index (κ1) is 10.2. The van der Waals surface area contributed by atoms with Crippen LogP contribution in [0.1, 0.15) is 25.8 Å². The molecule has 0 aromatic heterocycles. The van der Waals surface area contributed by atoms with E-state index < -0.39 is 5.60 Å². The second-order valence-corrected chi connectivity index (χ2v) is 3.84. The Morgan fingerprint density at radius 2 is 1.85 bits per heavy atom. The molecule has 0 bridgehead atoms. The quantitative estimate of drug-likeness (QED) is 0.570. The third-order valence-electron chi connectivity index (χ3n) is 2.11. The molecule has 0 aliphatic heterocycles. The van der Waals surface area contributed by atoms with Crippen molar-refractivity contribution in [3.05, 3.63) is 35.9 Å². The molecule has 13 heavy (non-hydrogen) atoms. The fourth-order valence-electron chi connectivity index (χ4n) is 1.14. The van der Waals surface area contributed by atoms with E-state index >= 15 is 0 Å². The molecule has 0 amide bonds. The highest BCUT2D eigenvalue weighted by atomic mass is 17.1. The van der Waals surface area contributed by atoms with Crippen molar-refractivity contribution in [2.45, 2.75) is 32.3 Å². The molecule has 0 atom stereocenters. The highest BCUT2D eigenvalue weighted by Gasteiger charge is 2.17. The zero-order valence-electron chi connectivity index (χ0n) is 8.16. The summed E-state index contributed by atoms with van der Waals surface area (Å²) in [7, 11) is 0. The third-order valence-corrected chi connectivity index (χ3v) is 2.11. The van der Waals surface area contributed by atoms with E-state index in [2.05, 4.69) is 17.0 Å². The maximum Gasteiger partial charge on any atom is 0.0980 e. The maximum atomic E-state index is 8.57. The lowest BCUT2D eigenvalue weighted by atomic mass is 9.99. The zero-order chi connectivity index (χ0) is 9.73. The van der Waals surface area contributed by atoms with E-state index in [4.69, 9.17) is 5.26 Å². The van der Waals surface area contributed by atoms with Gasteiger partial charge in [-0.25, -0.2) is 4.89 Å². The molecule has 0 fully saturated rings. The molecular formula is C11H16O2. The molecule has 0 aliphatic rings. The first-order valence-corrected chi connectivity index (χ1v) is 4.50. The Hall–Kier alpha value is -0.860. The van der Waals surface area contributed by atoms with Crippen LogP contribution in [-0.4, -0.2) is 10.9 Å². The average molecular weight is 180 g/mol. The van der Waals surface area contributed by atoms with Gasteiger partial charge in [0.15, 0.2) is 0 Å². The van der Waals surface area contributed by atoms with Gasteiger partial charge in [-0.1, -0.05) is 30.3 Å². The minimum Gasteiger partial charge on any atom is -0.251 e. The van der Waals surface area contributed by atoms with Gasteiger partial charge in [-0.05, 0) is 32.3 Å². The van der Waals surface area contributed by atoms with Crippen LogP contribution in [0.5, 0.6) is 0 Å². The minimum absolute atomic E-state index is 0.449. The van der Waals surface area contributed by atoms with Crippen molar-refractivity contribution in [1.82, 2.24) is 0 Å². The Morgan fingerprint density at radius 3 is 2.38 bits per heavy atom. The molecule has 1 aromatic rings. The summed E-state index contributed by atoms with van der Waals surface area (Å²) in [5.74, 6) is 0. The lowest BCUT2D eigenvalue weighted by Gasteiger charge is -2.19. The Morgan fingerprint density at radius 1 is 1.23 bits per heavy atom. The van der Waals surface area contributed by atoms with E-state index in [0.717, 1.165) is 12.8 Å². The second kappa shape index (κ2) is 4.40. The summed E-state index contributed by atoms with van der Waals surface area (Å²) in [6.07, 6.45) is 1.74. The van der Waals surface area contributed by atoms with Crippen LogP contribution >= 0.6 is 0 Å². The number of aryl methyl sites for hydroxylation is 1. The predicted octanol–water partition coefficient (Wildman–Crippen LogP) is 2.89. The molecule has 1 rings (SSSR count). The van der Waals surface area contributed by atoms with E-state index in [0.29, 0.717) is 0 Å². The topological polar surface area (TPSA) is 29.5 Å². The van der Waals surface area contributed by atoms with Gasteiger partial charge in [0.05, 0.1) is 5.60 Å². The monoisotopic (exact) mass is 180 g/mol. The summed E-state index contributed by atoms with van der Waals surface area (Å²) in [6.45, 7) is 3.74. The van der Waals surface area contributed by atoms with Crippen molar-refractivity contribution in [2.24, 2.45) is 0 Å². The van der Waals surface area contributed by atoms with Gasteiger partial charge >= 0.3 is 0 Å². The van der Waals surface area contributed by atoms with Gasteiger partial charge in [-0.3, -0.25) is 5.26 Å². The van der Waals surface area contributed by atoms with Crippen LogP contribution in [-0.2, 0) is 11.3 Å². The van der Waals surface area contributed by atoms with Crippen LogP contribution in [0.2, 0.25) is 0 Å². The van der Waals surface area contributed by atoms with Crippen LogP contribution in [0.4, 0.5) is 0 Å². The second-order valence-electron chi connectivity index (χ2n) is 3.84.